The second-order valence-corrected chi connectivity index (χ2v) is 5.89. The summed E-state index contributed by atoms with van der Waals surface area (Å²) in [6.07, 6.45) is 6.27. The van der Waals surface area contributed by atoms with Gasteiger partial charge in [0.2, 0.25) is 0 Å². The molecule has 2 atom stereocenters. The number of benzene rings is 1. The molecule has 0 aliphatic heterocycles. The second kappa shape index (κ2) is 7.65. The Hall–Kier alpha value is -1.06. The van der Waals surface area contributed by atoms with Gasteiger partial charge in [0.25, 0.3) is 0 Å². The second-order valence-electron chi connectivity index (χ2n) is 5.89. The van der Waals surface area contributed by atoms with E-state index in [1.807, 2.05) is 24.3 Å². The molecule has 2 N–H and O–H groups in total. The van der Waals surface area contributed by atoms with Crippen molar-refractivity contribution in [1.82, 2.24) is 5.32 Å². The maximum absolute atomic E-state index is 10.3. The summed E-state index contributed by atoms with van der Waals surface area (Å²) >= 11 is 0. The summed E-state index contributed by atoms with van der Waals surface area (Å²) in [5.74, 6) is 1.56. The molecule has 0 bridgehead atoms. The summed E-state index contributed by atoms with van der Waals surface area (Å²) < 4.78 is 5.19. The van der Waals surface area contributed by atoms with Crippen molar-refractivity contribution >= 4 is 0 Å². The van der Waals surface area contributed by atoms with E-state index in [1.54, 1.807) is 7.11 Å². The highest BCUT2D eigenvalue weighted by Gasteiger charge is 2.20. The predicted molar refractivity (Wildman–Crippen MR) is 82.0 cm³/mol. The Morgan fingerprint density at radius 3 is 2.75 bits per heavy atom. The molecule has 1 aromatic rings. The predicted octanol–water partition coefficient (Wildman–Crippen LogP) is 3.29. The van der Waals surface area contributed by atoms with Crippen LogP contribution in [0.5, 0.6) is 5.75 Å². The molecule has 112 valence electrons. The van der Waals surface area contributed by atoms with Crippen LogP contribution >= 0.6 is 0 Å². The molecular formula is C17H27NO2. The number of aliphatic hydroxyl groups is 1. The lowest BCUT2D eigenvalue weighted by Crippen LogP contribution is -2.37. The number of nitrogens with one attached hydrogen (secondary N) is 1. The summed E-state index contributed by atoms with van der Waals surface area (Å²) in [7, 11) is 1.65. The van der Waals surface area contributed by atoms with E-state index in [4.69, 9.17) is 4.74 Å². The van der Waals surface area contributed by atoms with Gasteiger partial charge in [-0.05, 0) is 43.4 Å². The third-order valence-electron chi connectivity index (χ3n) is 4.47. The fourth-order valence-corrected chi connectivity index (χ4v) is 3.06. The van der Waals surface area contributed by atoms with Gasteiger partial charge in [-0.2, -0.15) is 0 Å². The van der Waals surface area contributed by atoms with Gasteiger partial charge in [-0.1, -0.05) is 31.4 Å². The minimum atomic E-state index is -0.476. The molecule has 1 aliphatic rings. The van der Waals surface area contributed by atoms with Gasteiger partial charge in [0, 0.05) is 12.6 Å². The van der Waals surface area contributed by atoms with Gasteiger partial charge < -0.3 is 15.2 Å². The van der Waals surface area contributed by atoms with Crippen LogP contribution in [0.15, 0.2) is 24.3 Å². The third kappa shape index (κ3) is 4.22. The summed E-state index contributed by atoms with van der Waals surface area (Å²) in [5, 5.41) is 13.8. The zero-order chi connectivity index (χ0) is 14.4. The lowest BCUT2D eigenvalue weighted by molar-refractivity contribution is 0.160. The Bertz CT molecular complexity index is 402. The number of hydrogen-bond donors (Lipinski definition) is 2. The first-order valence-corrected chi connectivity index (χ1v) is 7.76. The number of hydrogen-bond acceptors (Lipinski definition) is 3. The van der Waals surface area contributed by atoms with Gasteiger partial charge in [-0.25, -0.2) is 0 Å². The SMILES string of the molecule is COc1cccc(C(O)CN[C@@H](C)C2CCCCC2)c1. The molecule has 0 heterocycles. The Kier molecular flexibility index (Phi) is 5.86. The Morgan fingerprint density at radius 1 is 1.30 bits per heavy atom. The van der Waals surface area contributed by atoms with E-state index in [2.05, 4.69) is 12.2 Å². The van der Waals surface area contributed by atoms with Crippen molar-refractivity contribution in [3.8, 4) is 5.75 Å². The van der Waals surface area contributed by atoms with Gasteiger partial charge in [0.15, 0.2) is 0 Å². The summed E-state index contributed by atoms with van der Waals surface area (Å²) in [4.78, 5) is 0. The van der Waals surface area contributed by atoms with E-state index >= 15 is 0 Å². The monoisotopic (exact) mass is 277 g/mol. The normalized spacial score (nSPS) is 19.6. The van der Waals surface area contributed by atoms with Crippen LogP contribution in [-0.2, 0) is 0 Å². The smallest absolute Gasteiger partial charge is 0.119 e. The molecule has 3 heteroatoms. The van der Waals surface area contributed by atoms with Crippen molar-refractivity contribution < 1.29 is 9.84 Å². The average molecular weight is 277 g/mol. The molecule has 1 unspecified atom stereocenters. The van der Waals surface area contributed by atoms with E-state index < -0.39 is 6.10 Å². The highest BCUT2D eigenvalue weighted by atomic mass is 16.5. The van der Waals surface area contributed by atoms with Gasteiger partial charge >= 0.3 is 0 Å². The molecule has 0 aromatic heterocycles. The van der Waals surface area contributed by atoms with Crippen molar-refractivity contribution in [2.75, 3.05) is 13.7 Å². The quantitative estimate of drug-likeness (QED) is 0.838. The number of aliphatic hydroxyl groups excluding tert-OH is 1. The summed E-state index contributed by atoms with van der Waals surface area (Å²) in [6.45, 7) is 2.85. The Balaban J connectivity index is 1.82. The van der Waals surface area contributed by atoms with Crippen LogP contribution in [0, 0.1) is 5.92 Å². The first-order valence-electron chi connectivity index (χ1n) is 7.76. The van der Waals surface area contributed by atoms with E-state index in [1.165, 1.54) is 32.1 Å². The van der Waals surface area contributed by atoms with Crippen LogP contribution in [0.2, 0.25) is 0 Å². The van der Waals surface area contributed by atoms with Crippen LogP contribution < -0.4 is 10.1 Å². The topological polar surface area (TPSA) is 41.5 Å². The molecule has 1 aliphatic carbocycles. The van der Waals surface area contributed by atoms with Gasteiger partial charge in [-0.3, -0.25) is 0 Å². The van der Waals surface area contributed by atoms with E-state index in [9.17, 15) is 5.11 Å². The maximum Gasteiger partial charge on any atom is 0.119 e. The summed E-state index contributed by atoms with van der Waals surface area (Å²) in [6, 6.07) is 8.14. The van der Waals surface area contributed by atoms with Crippen molar-refractivity contribution in [3.63, 3.8) is 0 Å². The fraction of sp³-hybridized carbons (Fsp3) is 0.647. The first-order chi connectivity index (χ1) is 9.70. The van der Waals surface area contributed by atoms with Crippen LogP contribution in [0.3, 0.4) is 0 Å². The van der Waals surface area contributed by atoms with Crippen LogP contribution in [0.25, 0.3) is 0 Å². The molecular weight excluding hydrogens is 250 g/mol. The molecule has 0 radical (unpaired) electrons. The van der Waals surface area contributed by atoms with E-state index in [-0.39, 0.29) is 0 Å². The van der Waals surface area contributed by atoms with Crippen LogP contribution in [-0.4, -0.2) is 24.8 Å². The lowest BCUT2D eigenvalue weighted by Gasteiger charge is -2.29. The molecule has 0 spiro atoms. The number of methoxy groups -OCH3 is 1. The van der Waals surface area contributed by atoms with Crippen molar-refractivity contribution in [2.24, 2.45) is 5.92 Å². The van der Waals surface area contributed by atoms with Crippen molar-refractivity contribution in [1.29, 1.82) is 0 Å². The molecule has 0 saturated heterocycles. The molecule has 3 nitrogen and oxygen atoms in total. The first kappa shape index (κ1) is 15.3. The maximum atomic E-state index is 10.3. The number of ether oxygens (including phenoxy) is 1. The molecule has 0 amide bonds. The van der Waals surface area contributed by atoms with Crippen molar-refractivity contribution in [3.05, 3.63) is 29.8 Å². The number of rotatable bonds is 6. The van der Waals surface area contributed by atoms with Crippen LogP contribution in [0.4, 0.5) is 0 Å². The largest absolute Gasteiger partial charge is 0.497 e. The van der Waals surface area contributed by atoms with Gasteiger partial charge in [0.05, 0.1) is 13.2 Å². The van der Waals surface area contributed by atoms with Gasteiger partial charge in [0.1, 0.15) is 5.75 Å². The van der Waals surface area contributed by atoms with E-state index in [0.717, 1.165) is 17.2 Å². The minimum absolute atomic E-state index is 0.476. The minimum Gasteiger partial charge on any atom is -0.497 e. The highest BCUT2D eigenvalue weighted by molar-refractivity contribution is 5.29. The Morgan fingerprint density at radius 2 is 2.05 bits per heavy atom. The van der Waals surface area contributed by atoms with E-state index in [0.29, 0.717) is 12.6 Å². The zero-order valence-corrected chi connectivity index (χ0v) is 12.6. The fourth-order valence-electron chi connectivity index (χ4n) is 3.06. The molecule has 20 heavy (non-hydrogen) atoms. The average Bonchev–Trinajstić information content (AvgIpc) is 2.53. The third-order valence-corrected chi connectivity index (χ3v) is 4.47. The lowest BCUT2D eigenvalue weighted by atomic mass is 9.84. The van der Waals surface area contributed by atoms with Crippen molar-refractivity contribution in [2.45, 2.75) is 51.2 Å². The highest BCUT2D eigenvalue weighted by Crippen LogP contribution is 2.26. The summed E-state index contributed by atoms with van der Waals surface area (Å²) in [5.41, 5.74) is 0.910. The van der Waals surface area contributed by atoms with Gasteiger partial charge in [-0.15, -0.1) is 0 Å². The standard InChI is InChI=1S/C17H27NO2/c1-13(14-7-4-3-5-8-14)18-12-17(19)15-9-6-10-16(11-15)20-2/h6,9-11,13-14,17-19H,3-5,7-8,12H2,1-2H3/t13-,17?/m0/s1. The molecule has 1 saturated carbocycles. The molecule has 2 rings (SSSR count). The zero-order valence-electron chi connectivity index (χ0n) is 12.6. The van der Waals surface area contributed by atoms with Crippen LogP contribution in [0.1, 0.15) is 50.7 Å². The molecule has 1 aromatic carbocycles. The Labute approximate surface area is 122 Å². The molecule has 1 fully saturated rings.